The molecule has 9 heteroatoms. The molecule has 2 rings (SSSR count). The number of benzene rings is 2. The van der Waals surface area contributed by atoms with E-state index in [1.165, 1.54) is 31.0 Å². The Morgan fingerprint density at radius 3 is 2.45 bits per heavy atom. The summed E-state index contributed by atoms with van der Waals surface area (Å²) in [4.78, 5) is 24.1. The van der Waals surface area contributed by atoms with Crippen LogP contribution in [0.25, 0.3) is 0 Å². The number of non-ortho nitro benzene ring substituents is 1. The molecule has 0 bridgehead atoms. The summed E-state index contributed by atoms with van der Waals surface area (Å²) >= 11 is 1.52. The summed E-state index contributed by atoms with van der Waals surface area (Å²) in [5.74, 6) is -0.504. The van der Waals surface area contributed by atoms with Crippen LogP contribution in [0.3, 0.4) is 0 Å². The van der Waals surface area contributed by atoms with Crippen molar-refractivity contribution < 1.29 is 18.7 Å². The Hall–Kier alpha value is -2.23. The number of hydrogen-bond donors (Lipinski definition) is 1. The first kappa shape index (κ1) is 23.1. The minimum absolute atomic E-state index is 0.0918. The highest BCUT2D eigenvalue weighted by atomic mass is 32.2. The third-order valence-corrected chi connectivity index (χ3v) is 6.32. The van der Waals surface area contributed by atoms with Crippen LogP contribution in [0.4, 0.5) is 5.69 Å². The molecule has 0 aliphatic heterocycles. The average molecular weight is 437 g/mol. The van der Waals surface area contributed by atoms with Crippen molar-refractivity contribution in [1.82, 2.24) is 4.72 Å². The predicted molar refractivity (Wildman–Crippen MR) is 114 cm³/mol. The van der Waals surface area contributed by atoms with Gasteiger partial charge in [-0.05, 0) is 30.7 Å². The molecule has 2 atom stereocenters. The molecule has 0 fully saturated rings. The molecule has 0 aromatic heterocycles. The summed E-state index contributed by atoms with van der Waals surface area (Å²) in [7, 11) is -0.344. The molecule has 0 amide bonds. The van der Waals surface area contributed by atoms with E-state index in [2.05, 4.69) is 4.72 Å². The second-order valence-electron chi connectivity index (χ2n) is 6.68. The van der Waals surface area contributed by atoms with Crippen LogP contribution in [-0.2, 0) is 20.5 Å². The first-order valence-electron chi connectivity index (χ1n) is 8.97. The molecular weight excluding hydrogens is 412 g/mol. The molecule has 0 spiro atoms. The number of nitrogens with one attached hydrogen (secondary N) is 1. The Bertz CT molecular complexity index is 900. The molecule has 0 unspecified atom stereocenters. The van der Waals surface area contributed by atoms with Gasteiger partial charge in [-0.15, -0.1) is 11.8 Å². The standard InChI is InChI=1S/C20H24N2O5S2/c1-13(2)28-19-10-7-15(22(24)25)11-17(19)18(12-20(23)27-4)21-29(26)16-8-5-14(3)6-9-16/h5-11,13,18,21H,12H2,1-4H3/t18-,29+/m1/s1. The maximum Gasteiger partial charge on any atom is 0.307 e. The van der Waals surface area contributed by atoms with Gasteiger partial charge in [0, 0.05) is 22.3 Å². The summed E-state index contributed by atoms with van der Waals surface area (Å²) < 4.78 is 20.6. The van der Waals surface area contributed by atoms with Crippen molar-refractivity contribution in [3.8, 4) is 0 Å². The molecule has 0 radical (unpaired) electrons. The fourth-order valence-electron chi connectivity index (χ4n) is 2.61. The molecule has 0 aliphatic carbocycles. The fraction of sp³-hybridized carbons (Fsp3) is 0.350. The number of nitro benzene ring substituents is 1. The minimum atomic E-state index is -1.62. The fourth-order valence-corrected chi connectivity index (χ4v) is 4.59. The average Bonchev–Trinajstić information content (AvgIpc) is 2.67. The lowest BCUT2D eigenvalue weighted by Gasteiger charge is -2.21. The smallest absolute Gasteiger partial charge is 0.307 e. The number of hydrogen-bond acceptors (Lipinski definition) is 6. The maximum atomic E-state index is 12.9. The molecule has 1 N–H and O–H groups in total. The summed E-state index contributed by atoms with van der Waals surface area (Å²) in [5, 5.41) is 11.5. The van der Waals surface area contributed by atoms with Crippen molar-refractivity contribution in [3.63, 3.8) is 0 Å². The Kier molecular flexibility index (Phi) is 8.36. The van der Waals surface area contributed by atoms with Gasteiger partial charge in [-0.25, -0.2) is 8.93 Å². The number of nitrogens with zero attached hydrogens (tertiary/aromatic N) is 1. The molecule has 7 nitrogen and oxygen atoms in total. The zero-order chi connectivity index (χ0) is 21.6. The van der Waals surface area contributed by atoms with Crippen LogP contribution in [-0.4, -0.2) is 27.5 Å². The van der Waals surface area contributed by atoms with E-state index < -0.39 is 27.9 Å². The van der Waals surface area contributed by atoms with E-state index in [4.69, 9.17) is 4.74 Å². The van der Waals surface area contributed by atoms with Crippen molar-refractivity contribution >= 4 is 34.4 Å². The first-order chi connectivity index (χ1) is 13.7. The monoisotopic (exact) mass is 436 g/mol. The second-order valence-corrected chi connectivity index (χ2v) is 9.54. The van der Waals surface area contributed by atoms with Gasteiger partial charge in [0.15, 0.2) is 0 Å². The highest BCUT2D eigenvalue weighted by Gasteiger charge is 2.25. The molecule has 2 aromatic carbocycles. The SMILES string of the molecule is COC(=O)C[C@@H](N[S@@](=O)c1ccc(C)cc1)c1cc([N+](=O)[O-])ccc1SC(C)C. The van der Waals surface area contributed by atoms with Gasteiger partial charge in [0.05, 0.1) is 29.4 Å². The van der Waals surface area contributed by atoms with Crippen molar-refractivity contribution in [2.75, 3.05) is 7.11 Å². The maximum absolute atomic E-state index is 12.9. The van der Waals surface area contributed by atoms with Gasteiger partial charge < -0.3 is 4.74 Å². The molecule has 29 heavy (non-hydrogen) atoms. The van der Waals surface area contributed by atoms with Crippen molar-refractivity contribution in [2.45, 2.75) is 48.3 Å². The number of ether oxygens (including phenoxy) is 1. The summed E-state index contributed by atoms with van der Waals surface area (Å²) in [6, 6.07) is 11.0. The van der Waals surface area contributed by atoms with Crippen molar-refractivity contribution in [2.24, 2.45) is 0 Å². The van der Waals surface area contributed by atoms with Crippen LogP contribution in [0.2, 0.25) is 0 Å². The normalized spacial score (nSPS) is 13.1. The molecule has 0 saturated carbocycles. The molecular formula is C20H24N2O5S2. The van der Waals surface area contributed by atoms with Gasteiger partial charge in [0.1, 0.15) is 11.0 Å². The molecule has 2 aromatic rings. The zero-order valence-electron chi connectivity index (χ0n) is 16.7. The topological polar surface area (TPSA) is 98.5 Å². The quantitative estimate of drug-likeness (QED) is 0.272. The number of thioether (sulfide) groups is 1. The summed E-state index contributed by atoms with van der Waals surface area (Å²) in [5.41, 5.74) is 1.49. The van der Waals surface area contributed by atoms with Gasteiger partial charge >= 0.3 is 5.97 Å². The van der Waals surface area contributed by atoms with E-state index in [1.807, 2.05) is 32.9 Å². The van der Waals surface area contributed by atoms with Crippen LogP contribution in [0.5, 0.6) is 0 Å². The molecule has 0 heterocycles. The van der Waals surface area contributed by atoms with Crippen LogP contribution in [0, 0.1) is 17.0 Å². The highest BCUT2D eigenvalue weighted by molar-refractivity contribution is 8.00. The number of carbonyl (C=O) groups excluding carboxylic acids is 1. The number of nitro groups is 1. The highest BCUT2D eigenvalue weighted by Crippen LogP contribution is 2.35. The van der Waals surface area contributed by atoms with E-state index >= 15 is 0 Å². The van der Waals surface area contributed by atoms with E-state index in [1.54, 1.807) is 18.2 Å². The lowest BCUT2D eigenvalue weighted by atomic mass is 10.0. The predicted octanol–water partition coefficient (Wildman–Crippen LogP) is 4.32. The lowest BCUT2D eigenvalue weighted by Crippen LogP contribution is -2.27. The van der Waals surface area contributed by atoms with Crippen LogP contribution >= 0.6 is 11.8 Å². The Morgan fingerprint density at radius 1 is 1.24 bits per heavy atom. The molecule has 156 valence electrons. The molecule has 0 saturated heterocycles. The van der Waals surface area contributed by atoms with Gasteiger partial charge in [0.25, 0.3) is 5.69 Å². The van der Waals surface area contributed by atoms with E-state index in [0.29, 0.717) is 10.5 Å². The van der Waals surface area contributed by atoms with Gasteiger partial charge in [-0.1, -0.05) is 31.5 Å². The second kappa shape index (κ2) is 10.5. The van der Waals surface area contributed by atoms with Crippen LogP contribution < -0.4 is 4.72 Å². The first-order valence-corrected chi connectivity index (χ1v) is 11.0. The molecule has 0 aliphatic rings. The number of aryl methyl sites for hydroxylation is 1. The van der Waals surface area contributed by atoms with Crippen LogP contribution in [0.1, 0.15) is 37.4 Å². The van der Waals surface area contributed by atoms with Gasteiger partial charge in [-0.3, -0.25) is 14.9 Å². The third-order valence-electron chi connectivity index (χ3n) is 4.03. The number of esters is 1. The number of carbonyl (C=O) groups is 1. The van der Waals surface area contributed by atoms with Gasteiger partial charge in [0.2, 0.25) is 0 Å². The minimum Gasteiger partial charge on any atom is -0.469 e. The number of rotatable bonds is 9. The zero-order valence-corrected chi connectivity index (χ0v) is 18.3. The van der Waals surface area contributed by atoms with Crippen molar-refractivity contribution in [3.05, 3.63) is 63.7 Å². The van der Waals surface area contributed by atoms with Gasteiger partial charge in [-0.2, -0.15) is 0 Å². The lowest BCUT2D eigenvalue weighted by molar-refractivity contribution is -0.385. The summed E-state index contributed by atoms with van der Waals surface area (Å²) in [6.45, 7) is 5.94. The Morgan fingerprint density at radius 2 is 1.90 bits per heavy atom. The van der Waals surface area contributed by atoms with E-state index in [0.717, 1.165) is 10.5 Å². The Balaban J connectivity index is 2.45. The number of methoxy groups -OCH3 is 1. The van der Waals surface area contributed by atoms with E-state index in [-0.39, 0.29) is 17.4 Å². The third kappa shape index (κ3) is 6.66. The van der Waals surface area contributed by atoms with Crippen molar-refractivity contribution in [1.29, 1.82) is 0 Å². The summed E-state index contributed by atoms with van der Waals surface area (Å²) in [6.07, 6.45) is -0.110. The van der Waals surface area contributed by atoms with Crippen LogP contribution in [0.15, 0.2) is 52.3 Å². The Labute approximate surface area is 177 Å². The largest absolute Gasteiger partial charge is 0.469 e. The van der Waals surface area contributed by atoms with E-state index in [9.17, 15) is 19.1 Å².